The van der Waals surface area contributed by atoms with Crippen molar-refractivity contribution in [1.82, 2.24) is 4.90 Å². The van der Waals surface area contributed by atoms with Crippen molar-refractivity contribution in [1.29, 1.82) is 0 Å². The van der Waals surface area contributed by atoms with Crippen molar-refractivity contribution in [3.63, 3.8) is 0 Å². The second kappa shape index (κ2) is 6.41. The lowest BCUT2D eigenvalue weighted by atomic mass is 10.1. The van der Waals surface area contributed by atoms with Gasteiger partial charge in [-0.25, -0.2) is 0 Å². The van der Waals surface area contributed by atoms with Gasteiger partial charge in [0, 0.05) is 44.1 Å². The lowest BCUT2D eigenvalue weighted by molar-refractivity contribution is 0.250. The van der Waals surface area contributed by atoms with Gasteiger partial charge in [-0.05, 0) is 42.7 Å². The van der Waals surface area contributed by atoms with Crippen molar-refractivity contribution in [3.05, 3.63) is 59.2 Å². The first-order valence-electron chi connectivity index (χ1n) is 8.02. The first-order chi connectivity index (χ1) is 10.6. The molecule has 1 aliphatic rings. The number of hydrogen-bond donors (Lipinski definition) is 1. The van der Waals surface area contributed by atoms with Gasteiger partial charge in [0.25, 0.3) is 0 Å². The fraction of sp³-hybridized carbons (Fsp3) is 0.368. The first kappa shape index (κ1) is 14.9. The van der Waals surface area contributed by atoms with E-state index in [4.69, 9.17) is 5.73 Å². The molecular weight excluding hydrogens is 270 g/mol. The SMILES string of the molecule is Cc1cccc(N2CCN(Cc3ccccc3N)CC2)c1C. The molecule has 0 spiro atoms. The lowest BCUT2D eigenvalue weighted by Crippen LogP contribution is -2.46. The second-order valence-corrected chi connectivity index (χ2v) is 6.18. The number of benzene rings is 2. The van der Waals surface area contributed by atoms with E-state index in [0.29, 0.717) is 0 Å². The molecule has 0 atom stereocenters. The maximum Gasteiger partial charge on any atom is 0.0399 e. The minimum atomic E-state index is 0.902. The summed E-state index contributed by atoms with van der Waals surface area (Å²) >= 11 is 0. The zero-order valence-corrected chi connectivity index (χ0v) is 13.5. The zero-order chi connectivity index (χ0) is 15.5. The summed E-state index contributed by atoms with van der Waals surface area (Å²) in [6.45, 7) is 9.69. The summed E-state index contributed by atoms with van der Waals surface area (Å²) < 4.78 is 0. The highest BCUT2D eigenvalue weighted by Crippen LogP contribution is 2.24. The van der Waals surface area contributed by atoms with Crippen molar-refractivity contribution in [3.8, 4) is 0 Å². The summed E-state index contributed by atoms with van der Waals surface area (Å²) in [4.78, 5) is 5.00. The molecule has 0 amide bonds. The van der Waals surface area contributed by atoms with E-state index in [1.165, 1.54) is 22.4 Å². The van der Waals surface area contributed by atoms with Gasteiger partial charge in [-0.3, -0.25) is 4.90 Å². The Kier molecular flexibility index (Phi) is 4.34. The molecule has 3 nitrogen and oxygen atoms in total. The third-order valence-corrected chi connectivity index (χ3v) is 4.74. The largest absolute Gasteiger partial charge is 0.398 e. The monoisotopic (exact) mass is 295 g/mol. The van der Waals surface area contributed by atoms with Crippen LogP contribution >= 0.6 is 0 Å². The number of piperazine rings is 1. The molecule has 116 valence electrons. The maximum atomic E-state index is 6.06. The minimum absolute atomic E-state index is 0.902. The number of anilines is 2. The summed E-state index contributed by atoms with van der Waals surface area (Å²) in [7, 11) is 0. The number of para-hydroxylation sites is 1. The van der Waals surface area contributed by atoms with Gasteiger partial charge in [-0.15, -0.1) is 0 Å². The third kappa shape index (κ3) is 3.09. The van der Waals surface area contributed by atoms with E-state index >= 15 is 0 Å². The Morgan fingerprint density at radius 2 is 1.64 bits per heavy atom. The van der Waals surface area contributed by atoms with Gasteiger partial charge in [-0.1, -0.05) is 30.3 Å². The number of aryl methyl sites for hydroxylation is 1. The average molecular weight is 295 g/mol. The molecule has 1 saturated heterocycles. The number of nitrogens with two attached hydrogens (primary N) is 1. The van der Waals surface area contributed by atoms with Gasteiger partial charge < -0.3 is 10.6 Å². The van der Waals surface area contributed by atoms with Gasteiger partial charge in [0.2, 0.25) is 0 Å². The smallest absolute Gasteiger partial charge is 0.0399 e. The van der Waals surface area contributed by atoms with E-state index in [0.717, 1.165) is 38.4 Å². The van der Waals surface area contributed by atoms with Crippen LogP contribution in [0.4, 0.5) is 11.4 Å². The van der Waals surface area contributed by atoms with Gasteiger partial charge in [0.05, 0.1) is 0 Å². The maximum absolute atomic E-state index is 6.06. The molecule has 0 aromatic heterocycles. The van der Waals surface area contributed by atoms with Crippen LogP contribution in [-0.2, 0) is 6.54 Å². The summed E-state index contributed by atoms with van der Waals surface area (Å²) in [5.74, 6) is 0. The molecule has 0 bridgehead atoms. The highest BCUT2D eigenvalue weighted by molar-refractivity contribution is 5.56. The van der Waals surface area contributed by atoms with Gasteiger partial charge in [0.1, 0.15) is 0 Å². The van der Waals surface area contributed by atoms with Crippen molar-refractivity contribution in [2.75, 3.05) is 36.8 Å². The van der Waals surface area contributed by atoms with E-state index in [9.17, 15) is 0 Å². The van der Waals surface area contributed by atoms with E-state index in [2.05, 4.69) is 54.0 Å². The van der Waals surface area contributed by atoms with Crippen LogP contribution in [-0.4, -0.2) is 31.1 Å². The lowest BCUT2D eigenvalue weighted by Gasteiger charge is -2.37. The molecule has 0 saturated carbocycles. The first-order valence-corrected chi connectivity index (χ1v) is 8.02. The van der Waals surface area contributed by atoms with Gasteiger partial charge >= 0.3 is 0 Å². The summed E-state index contributed by atoms with van der Waals surface area (Å²) in [5.41, 5.74) is 12.4. The zero-order valence-electron chi connectivity index (χ0n) is 13.5. The molecule has 1 fully saturated rings. The number of hydrogen-bond acceptors (Lipinski definition) is 3. The van der Waals surface area contributed by atoms with Crippen LogP contribution in [0.25, 0.3) is 0 Å². The molecule has 0 radical (unpaired) electrons. The predicted octanol–water partition coefficient (Wildman–Crippen LogP) is 3.21. The van der Waals surface area contributed by atoms with Crippen LogP contribution in [0, 0.1) is 13.8 Å². The Labute approximate surface area is 133 Å². The van der Waals surface area contributed by atoms with Crippen molar-refractivity contribution in [2.45, 2.75) is 20.4 Å². The van der Waals surface area contributed by atoms with Crippen LogP contribution in [0.2, 0.25) is 0 Å². The van der Waals surface area contributed by atoms with Gasteiger partial charge in [-0.2, -0.15) is 0 Å². The van der Waals surface area contributed by atoms with Crippen molar-refractivity contribution < 1.29 is 0 Å². The number of nitrogen functional groups attached to an aromatic ring is 1. The molecule has 2 N–H and O–H groups in total. The Balaban J connectivity index is 1.63. The number of rotatable bonds is 3. The molecule has 3 heteroatoms. The molecule has 0 aliphatic carbocycles. The Morgan fingerprint density at radius 1 is 0.909 bits per heavy atom. The molecular formula is C19H25N3. The fourth-order valence-electron chi connectivity index (χ4n) is 3.14. The highest BCUT2D eigenvalue weighted by Gasteiger charge is 2.19. The van der Waals surface area contributed by atoms with Crippen molar-refractivity contribution >= 4 is 11.4 Å². The van der Waals surface area contributed by atoms with Crippen LogP contribution in [0.5, 0.6) is 0 Å². The molecule has 1 aliphatic heterocycles. The number of nitrogens with zero attached hydrogens (tertiary/aromatic N) is 2. The van der Waals surface area contributed by atoms with E-state index in [1.54, 1.807) is 0 Å². The Bertz CT molecular complexity index is 643. The van der Waals surface area contributed by atoms with Crippen LogP contribution in [0.3, 0.4) is 0 Å². The van der Waals surface area contributed by atoms with E-state index in [1.807, 2.05) is 12.1 Å². The Hall–Kier alpha value is -2.00. The van der Waals surface area contributed by atoms with E-state index < -0.39 is 0 Å². The fourth-order valence-corrected chi connectivity index (χ4v) is 3.14. The molecule has 2 aromatic rings. The highest BCUT2D eigenvalue weighted by atomic mass is 15.3. The van der Waals surface area contributed by atoms with Crippen LogP contribution in [0.15, 0.2) is 42.5 Å². The second-order valence-electron chi connectivity index (χ2n) is 6.18. The molecule has 3 rings (SSSR count). The van der Waals surface area contributed by atoms with Crippen molar-refractivity contribution in [2.24, 2.45) is 0 Å². The van der Waals surface area contributed by atoms with E-state index in [-0.39, 0.29) is 0 Å². The summed E-state index contributed by atoms with van der Waals surface area (Å²) in [6.07, 6.45) is 0. The third-order valence-electron chi connectivity index (χ3n) is 4.74. The standard InChI is InChI=1S/C19H25N3/c1-15-6-5-9-19(16(15)2)22-12-10-21(11-13-22)14-17-7-3-4-8-18(17)20/h3-9H,10-14,20H2,1-2H3. The predicted molar refractivity (Wildman–Crippen MR) is 94.3 cm³/mol. The molecule has 2 aromatic carbocycles. The van der Waals surface area contributed by atoms with Crippen LogP contribution < -0.4 is 10.6 Å². The normalized spacial score (nSPS) is 16.0. The molecule has 22 heavy (non-hydrogen) atoms. The van der Waals surface area contributed by atoms with Crippen LogP contribution in [0.1, 0.15) is 16.7 Å². The summed E-state index contributed by atoms with van der Waals surface area (Å²) in [6, 6.07) is 14.8. The molecule has 1 heterocycles. The van der Waals surface area contributed by atoms with Gasteiger partial charge in [0.15, 0.2) is 0 Å². The summed E-state index contributed by atoms with van der Waals surface area (Å²) in [5, 5.41) is 0. The molecule has 0 unspecified atom stereocenters. The topological polar surface area (TPSA) is 32.5 Å². The Morgan fingerprint density at radius 3 is 2.36 bits per heavy atom. The average Bonchev–Trinajstić information content (AvgIpc) is 2.53. The minimum Gasteiger partial charge on any atom is -0.398 e. The quantitative estimate of drug-likeness (QED) is 0.883.